The summed E-state index contributed by atoms with van der Waals surface area (Å²) in [5.74, 6) is -1.21. The van der Waals surface area contributed by atoms with Crippen LogP contribution in [0.3, 0.4) is 0 Å². The van der Waals surface area contributed by atoms with Crippen molar-refractivity contribution < 1.29 is 14.3 Å². The quantitative estimate of drug-likeness (QED) is 0.644. The molecule has 0 unspecified atom stereocenters. The second kappa shape index (κ2) is 6.23. The van der Waals surface area contributed by atoms with E-state index in [0.29, 0.717) is 12.0 Å². The zero-order valence-corrected chi connectivity index (χ0v) is 13.0. The Morgan fingerprint density at radius 3 is 2.91 bits per heavy atom. The summed E-state index contributed by atoms with van der Waals surface area (Å²) in [6.45, 7) is 1.22. The zero-order chi connectivity index (χ0) is 15.5. The van der Waals surface area contributed by atoms with Gasteiger partial charge in [0, 0.05) is 13.3 Å². The lowest BCUT2D eigenvalue weighted by molar-refractivity contribution is -0.135. The SMILES string of the molecule is CC(=O)OC(=O)c1ccccc1Cc1nc2c(s1)C=CCC2. The highest BCUT2D eigenvalue weighted by Gasteiger charge is 2.17. The van der Waals surface area contributed by atoms with Crippen LogP contribution in [0.4, 0.5) is 0 Å². The molecule has 0 aliphatic heterocycles. The Hall–Kier alpha value is -2.27. The van der Waals surface area contributed by atoms with Crippen LogP contribution in [0.15, 0.2) is 30.3 Å². The zero-order valence-electron chi connectivity index (χ0n) is 12.2. The molecule has 1 aliphatic carbocycles. The number of fused-ring (bicyclic) bond motifs is 1. The Morgan fingerprint density at radius 2 is 2.14 bits per heavy atom. The van der Waals surface area contributed by atoms with E-state index in [9.17, 15) is 9.59 Å². The molecule has 0 saturated heterocycles. The number of carbonyl (C=O) groups excluding carboxylic acids is 2. The van der Waals surface area contributed by atoms with E-state index >= 15 is 0 Å². The Labute approximate surface area is 132 Å². The van der Waals surface area contributed by atoms with Gasteiger partial charge in [0.25, 0.3) is 0 Å². The minimum atomic E-state index is -0.607. The van der Waals surface area contributed by atoms with E-state index in [0.717, 1.165) is 29.1 Å². The first-order chi connectivity index (χ1) is 10.6. The van der Waals surface area contributed by atoms with Crippen LogP contribution in [0.2, 0.25) is 0 Å². The molecule has 1 heterocycles. The van der Waals surface area contributed by atoms with Crippen molar-refractivity contribution in [3.05, 3.63) is 57.0 Å². The molecule has 5 heteroatoms. The van der Waals surface area contributed by atoms with Crippen LogP contribution in [-0.4, -0.2) is 16.9 Å². The van der Waals surface area contributed by atoms with Gasteiger partial charge in [0.1, 0.15) is 0 Å². The van der Waals surface area contributed by atoms with E-state index in [1.54, 1.807) is 23.5 Å². The van der Waals surface area contributed by atoms with Gasteiger partial charge in [-0.05, 0) is 30.5 Å². The molecule has 1 aromatic carbocycles. The number of hydrogen-bond acceptors (Lipinski definition) is 5. The molecule has 3 rings (SSSR count). The standard InChI is InChI=1S/C17H15NO3S/c1-11(19)21-17(20)13-7-3-2-6-12(13)10-16-18-14-8-4-5-9-15(14)22-16/h2-3,5-7,9H,4,8,10H2,1H3. The molecular weight excluding hydrogens is 298 g/mol. The van der Waals surface area contributed by atoms with Crippen LogP contribution < -0.4 is 0 Å². The normalized spacial score (nSPS) is 12.8. The number of allylic oxidation sites excluding steroid dienone is 1. The van der Waals surface area contributed by atoms with Crippen LogP contribution in [0.1, 0.15) is 44.8 Å². The summed E-state index contributed by atoms with van der Waals surface area (Å²) in [4.78, 5) is 28.8. The van der Waals surface area contributed by atoms with E-state index < -0.39 is 11.9 Å². The van der Waals surface area contributed by atoms with Gasteiger partial charge in [-0.2, -0.15) is 0 Å². The summed E-state index contributed by atoms with van der Waals surface area (Å²) < 4.78 is 4.69. The van der Waals surface area contributed by atoms with E-state index in [1.807, 2.05) is 12.1 Å². The molecule has 0 N–H and O–H groups in total. The Kier molecular flexibility index (Phi) is 4.15. The lowest BCUT2D eigenvalue weighted by Crippen LogP contribution is -2.11. The fourth-order valence-electron chi connectivity index (χ4n) is 2.43. The van der Waals surface area contributed by atoms with Crippen molar-refractivity contribution in [3.8, 4) is 0 Å². The van der Waals surface area contributed by atoms with Gasteiger partial charge in [-0.1, -0.05) is 24.3 Å². The molecule has 1 aromatic heterocycles. The van der Waals surface area contributed by atoms with E-state index in [2.05, 4.69) is 21.9 Å². The predicted molar refractivity (Wildman–Crippen MR) is 84.8 cm³/mol. The topological polar surface area (TPSA) is 56.3 Å². The fraction of sp³-hybridized carbons (Fsp3) is 0.235. The first-order valence-electron chi connectivity index (χ1n) is 7.09. The molecule has 0 fully saturated rings. The van der Waals surface area contributed by atoms with Crippen molar-refractivity contribution in [1.29, 1.82) is 0 Å². The molecule has 2 aromatic rings. The maximum Gasteiger partial charge on any atom is 0.346 e. The molecule has 0 spiro atoms. The average molecular weight is 313 g/mol. The van der Waals surface area contributed by atoms with Crippen LogP contribution in [0.25, 0.3) is 6.08 Å². The van der Waals surface area contributed by atoms with Gasteiger partial charge < -0.3 is 4.74 Å². The Morgan fingerprint density at radius 1 is 1.32 bits per heavy atom. The van der Waals surface area contributed by atoms with Crippen molar-refractivity contribution in [2.45, 2.75) is 26.2 Å². The number of aryl methyl sites for hydroxylation is 1. The monoisotopic (exact) mass is 313 g/mol. The Bertz CT molecular complexity index is 761. The van der Waals surface area contributed by atoms with Gasteiger partial charge in [0.2, 0.25) is 0 Å². The minimum Gasteiger partial charge on any atom is -0.390 e. The highest BCUT2D eigenvalue weighted by Crippen LogP contribution is 2.27. The first-order valence-corrected chi connectivity index (χ1v) is 7.91. The summed E-state index contributed by atoms with van der Waals surface area (Å²) in [6, 6.07) is 7.17. The summed E-state index contributed by atoms with van der Waals surface area (Å²) >= 11 is 1.65. The number of hydrogen-bond donors (Lipinski definition) is 0. The molecule has 0 amide bonds. The second-order valence-electron chi connectivity index (χ2n) is 5.07. The molecule has 0 radical (unpaired) electrons. The summed E-state index contributed by atoms with van der Waals surface area (Å²) in [5.41, 5.74) is 2.37. The van der Waals surface area contributed by atoms with Crippen LogP contribution in [0.5, 0.6) is 0 Å². The average Bonchev–Trinajstić information content (AvgIpc) is 2.89. The number of nitrogens with zero attached hydrogens (tertiary/aromatic N) is 1. The van der Waals surface area contributed by atoms with Crippen molar-refractivity contribution >= 4 is 29.4 Å². The summed E-state index contributed by atoms with van der Waals surface area (Å²) in [6.07, 6.45) is 6.82. The number of thiazole rings is 1. The number of esters is 2. The van der Waals surface area contributed by atoms with Gasteiger partial charge in [-0.3, -0.25) is 4.79 Å². The predicted octanol–water partition coefficient (Wildman–Crippen LogP) is 3.40. The van der Waals surface area contributed by atoms with Crippen LogP contribution in [0, 0.1) is 0 Å². The highest BCUT2D eigenvalue weighted by molar-refractivity contribution is 7.12. The third kappa shape index (κ3) is 3.14. The lowest BCUT2D eigenvalue weighted by atomic mass is 10.0. The Balaban J connectivity index is 1.86. The van der Waals surface area contributed by atoms with E-state index in [-0.39, 0.29) is 0 Å². The van der Waals surface area contributed by atoms with Crippen molar-refractivity contribution in [2.75, 3.05) is 0 Å². The van der Waals surface area contributed by atoms with Gasteiger partial charge in [0.15, 0.2) is 0 Å². The molecule has 1 aliphatic rings. The van der Waals surface area contributed by atoms with E-state index in [1.165, 1.54) is 11.8 Å². The number of rotatable bonds is 3. The fourth-order valence-corrected chi connectivity index (χ4v) is 3.50. The summed E-state index contributed by atoms with van der Waals surface area (Å²) in [5, 5.41) is 0.972. The molecule has 22 heavy (non-hydrogen) atoms. The molecule has 4 nitrogen and oxygen atoms in total. The van der Waals surface area contributed by atoms with Crippen LogP contribution in [-0.2, 0) is 22.4 Å². The molecule has 0 atom stereocenters. The maximum atomic E-state index is 12.0. The number of ether oxygens (including phenoxy) is 1. The highest BCUT2D eigenvalue weighted by atomic mass is 32.1. The van der Waals surface area contributed by atoms with Crippen molar-refractivity contribution in [3.63, 3.8) is 0 Å². The largest absolute Gasteiger partial charge is 0.390 e. The van der Waals surface area contributed by atoms with Gasteiger partial charge >= 0.3 is 11.9 Å². The second-order valence-corrected chi connectivity index (χ2v) is 6.19. The maximum absolute atomic E-state index is 12.0. The smallest absolute Gasteiger partial charge is 0.346 e. The van der Waals surface area contributed by atoms with E-state index in [4.69, 9.17) is 0 Å². The number of carbonyl (C=O) groups is 2. The van der Waals surface area contributed by atoms with Gasteiger partial charge in [-0.15, -0.1) is 11.3 Å². The van der Waals surface area contributed by atoms with Gasteiger partial charge in [0.05, 0.1) is 21.1 Å². The van der Waals surface area contributed by atoms with Crippen molar-refractivity contribution in [1.82, 2.24) is 4.98 Å². The first kappa shape index (κ1) is 14.7. The van der Waals surface area contributed by atoms with Gasteiger partial charge in [-0.25, -0.2) is 9.78 Å². The molecule has 0 bridgehead atoms. The molecule has 112 valence electrons. The number of benzene rings is 1. The lowest BCUT2D eigenvalue weighted by Gasteiger charge is -2.06. The third-order valence-corrected chi connectivity index (χ3v) is 4.47. The molecule has 0 saturated carbocycles. The van der Waals surface area contributed by atoms with Crippen LogP contribution >= 0.6 is 11.3 Å². The third-order valence-electron chi connectivity index (χ3n) is 3.40. The minimum absolute atomic E-state index is 0.418. The number of aromatic nitrogens is 1. The molecular formula is C17H15NO3S. The summed E-state index contributed by atoms with van der Waals surface area (Å²) in [7, 11) is 0. The van der Waals surface area contributed by atoms with Crippen molar-refractivity contribution in [2.24, 2.45) is 0 Å².